The highest BCUT2D eigenvalue weighted by molar-refractivity contribution is 7.99. The Labute approximate surface area is 311 Å². The number of hydrogen-bond acceptors (Lipinski definition) is 11. The Kier molecular flexibility index (Phi) is 20.8. The molecule has 0 amide bonds. The van der Waals surface area contributed by atoms with E-state index in [4.69, 9.17) is 32.2 Å². The molecule has 2 rings (SSSR count). The van der Waals surface area contributed by atoms with Gasteiger partial charge in [0.25, 0.3) is 0 Å². The molecule has 0 heterocycles. The Balaban J connectivity index is 1.61. The van der Waals surface area contributed by atoms with Crippen LogP contribution in [-0.2, 0) is 37.8 Å². The van der Waals surface area contributed by atoms with E-state index in [0.29, 0.717) is 26.1 Å². The van der Waals surface area contributed by atoms with E-state index < -0.39 is 16.9 Å². The molecule has 282 valence electrons. The molecule has 0 aliphatic rings. The average Bonchev–Trinajstić information content (AvgIpc) is 3.11. The highest BCUT2D eigenvalue weighted by Crippen LogP contribution is 2.33. The Morgan fingerprint density at radius 1 is 0.600 bits per heavy atom. The van der Waals surface area contributed by atoms with E-state index >= 15 is 0 Å². The van der Waals surface area contributed by atoms with Gasteiger partial charge in [-0.05, 0) is 91.5 Å². The van der Waals surface area contributed by atoms with Crippen LogP contribution in [0.2, 0.25) is 31.7 Å². The Hall–Kier alpha value is -2.01. The third-order valence-corrected chi connectivity index (χ3v) is 16.5. The molecule has 0 fully saturated rings. The lowest BCUT2D eigenvalue weighted by molar-refractivity contribution is -0.144. The standard InChI is InChI=1S/C37H60O9S2Si2/c1-37(2,31-11-15-33(16-12-31)43-21-23-45-35(38)19-27-47-25-9-29-49(6,7)40-3)32-13-17-34(18-14-32)44-22-24-46-36(39)20-28-48-26-10-30-50(8,41-4)42-5/h11-18H,9-10,19-30H2,1-8H3. The van der Waals surface area contributed by atoms with Crippen molar-refractivity contribution in [2.45, 2.75) is 76.7 Å². The van der Waals surface area contributed by atoms with Gasteiger partial charge in [0.05, 0.1) is 12.8 Å². The van der Waals surface area contributed by atoms with Gasteiger partial charge in [-0.2, -0.15) is 23.5 Å². The van der Waals surface area contributed by atoms with Crippen molar-refractivity contribution in [2.24, 2.45) is 0 Å². The maximum absolute atomic E-state index is 12.1. The summed E-state index contributed by atoms with van der Waals surface area (Å²) in [5.74, 6) is 4.58. The van der Waals surface area contributed by atoms with Crippen LogP contribution >= 0.6 is 23.5 Å². The molecule has 9 nitrogen and oxygen atoms in total. The van der Waals surface area contributed by atoms with E-state index in [-0.39, 0.29) is 30.6 Å². The van der Waals surface area contributed by atoms with Crippen LogP contribution in [0.1, 0.15) is 50.7 Å². The first-order valence-electron chi connectivity index (χ1n) is 17.4. The van der Waals surface area contributed by atoms with Crippen LogP contribution < -0.4 is 9.47 Å². The number of rotatable bonds is 27. The zero-order valence-electron chi connectivity index (χ0n) is 31.5. The maximum atomic E-state index is 12.1. The van der Waals surface area contributed by atoms with Gasteiger partial charge in [0.2, 0.25) is 0 Å². The Morgan fingerprint density at radius 2 is 1.02 bits per heavy atom. The summed E-state index contributed by atoms with van der Waals surface area (Å²) in [7, 11) is 1.71. The molecule has 50 heavy (non-hydrogen) atoms. The largest absolute Gasteiger partial charge is 0.490 e. The second-order valence-electron chi connectivity index (χ2n) is 13.2. The topological polar surface area (TPSA) is 98.8 Å². The number of carbonyl (C=O) groups excluding carboxylic acids is 2. The first-order chi connectivity index (χ1) is 23.8. The van der Waals surface area contributed by atoms with Crippen LogP contribution in [0.5, 0.6) is 11.5 Å². The molecule has 2 aromatic carbocycles. The minimum Gasteiger partial charge on any atom is -0.490 e. The van der Waals surface area contributed by atoms with Crippen molar-refractivity contribution >= 4 is 52.3 Å². The van der Waals surface area contributed by atoms with E-state index in [1.807, 2.05) is 24.3 Å². The van der Waals surface area contributed by atoms with E-state index in [2.05, 4.69) is 57.8 Å². The fraction of sp³-hybridized carbons (Fsp3) is 0.622. The van der Waals surface area contributed by atoms with Crippen LogP contribution in [0.15, 0.2) is 48.5 Å². The van der Waals surface area contributed by atoms with Crippen molar-refractivity contribution in [1.29, 1.82) is 0 Å². The zero-order chi connectivity index (χ0) is 36.9. The van der Waals surface area contributed by atoms with Gasteiger partial charge in [0.15, 0.2) is 8.32 Å². The van der Waals surface area contributed by atoms with Gasteiger partial charge < -0.3 is 32.2 Å². The van der Waals surface area contributed by atoms with E-state index in [1.54, 1.807) is 44.9 Å². The fourth-order valence-corrected chi connectivity index (χ4v) is 9.74. The molecule has 13 heteroatoms. The molecule has 0 aliphatic carbocycles. The van der Waals surface area contributed by atoms with Crippen molar-refractivity contribution in [2.75, 3.05) is 70.8 Å². The predicted octanol–water partition coefficient (Wildman–Crippen LogP) is 8.10. The summed E-state index contributed by atoms with van der Waals surface area (Å²) in [5, 5.41) is 0. The molecule has 0 aliphatic heterocycles. The zero-order valence-corrected chi connectivity index (χ0v) is 35.1. The van der Waals surface area contributed by atoms with E-state index in [9.17, 15) is 9.59 Å². The van der Waals surface area contributed by atoms with Crippen LogP contribution in [0.25, 0.3) is 0 Å². The molecule has 0 saturated carbocycles. The Bertz CT molecular complexity index is 1240. The summed E-state index contributed by atoms with van der Waals surface area (Å²) in [6.07, 6.45) is 2.92. The first kappa shape index (κ1) is 44.2. The summed E-state index contributed by atoms with van der Waals surface area (Å²) >= 11 is 3.54. The summed E-state index contributed by atoms with van der Waals surface area (Å²) in [6.45, 7) is 11.9. The van der Waals surface area contributed by atoms with Crippen molar-refractivity contribution in [3.05, 3.63) is 59.7 Å². The monoisotopic (exact) mass is 768 g/mol. The summed E-state index contributed by atoms with van der Waals surface area (Å²) < 4.78 is 38.9. The normalized spacial score (nSPS) is 12.1. The number of hydrogen-bond donors (Lipinski definition) is 0. The molecule has 0 radical (unpaired) electrons. The van der Waals surface area contributed by atoms with E-state index in [1.165, 1.54) is 0 Å². The number of esters is 2. The lowest BCUT2D eigenvalue weighted by atomic mass is 9.78. The molecule has 0 unspecified atom stereocenters. The number of benzene rings is 2. The summed E-state index contributed by atoms with van der Waals surface area (Å²) in [5.41, 5.74) is 2.05. The highest BCUT2D eigenvalue weighted by atomic mass is 32.2. The van der Waals surface area contributed by atoms with Gasteiger partial charge in [0.1, 0.15) is 37.9 Å². The second-order valence-corrected chi connectivity index (χ2v) is 23.7. The lowest BCUT2D eigenvalue weighted by Gasteiger charge is -2.26. The molecular formula is C37H60O9S2Si2. The SMILES string of the molecule is CO[Si](C)(C)CCCSCCC(=O)OCCOc1ccc(C(C)(C)c2ccc(OCCOC(=O)CCSCCC[Si](C)(OC)OC)cc2)cc1. The fourth-order valence-electron chi connectivity index (χ4n) is 4.88. The highest BCUT2D eigenvalue weighted by Gasteiger charge is 2.27. The molecule has 0 aromatic heterocycles. The minimum atomic E-state index is -2.01. The molecule has 2 aromatic rings. The molecule has 0 saturated heterocycles. The van der Waals surface area contributed by atoms with Gasteiger partial charge in [-0.15, -0.1) is 0 Å². The minimum absolute atomic E-state index is 0.187. The van der Waals surface area contributed by atoms with Gasteiger partial charge in [-0.25, -0.2) is 0 Å². The van der Waals surface area contributed by atoms with Gasteiger partial charge in [-0.1, -0.05) is 38.1 Å². The van der Waals surface area contributed by atoms with Crippen LogP contribution in [0.3, 0.4) is 0 Å². The Morgan fingerprint density at radius 3 is 1.42 bits per heavy atom. The third-order valence-electron chi connectivity index (χ3n) is 8.69. The molecule has 0 atom stereocenters. The molecule has 0 N–H and O–H groups in total. The van der Waals surface area contributed by atoms with Crippen molar-refractivity contribution in [3.63, 3.8) is 0 Å². The molecular weight excluding hydrogens is 709 g/mol. The van der Waals surface area contributed by atoms with Crippen LogP contribution in [0.4, 0.5) is 0 Å². The smallest absolute Gasteiger partial charge is 0.334 e. The maximum Gasteiger partial charge on any atom is 0.334 e. The summed E-state index contributed by atoms with van der Waals surface area (Å²) in [6, 6.07) is 18.1. The second kappa shape index (κ2) is 23.5. The predicted molar refractivity (Wildman–Crippen MR) is 211 cm³/mol. The molecule has 0 spiro atoms. The number of carbonyl (C=O) groups is 2. The average molecular weight is 769 g/mol. The molecule has 0 bridgehead atoms. The first-order valence-corrected chi connectivity index (χ1v) is 25.4. The summed E-state index contributed by atoms with van der Waals surface area (Å²) in [4.78, 5) is 24.1. The van der Waals surface area contributed by atoms with E-state index in [0.717, 1.165) is 70.6 Å². The van der Waals surface area contributed by atoms with Gasteiger partial charge >= 0.3 is 20.5 Å². The van der Waals surface area contributed by atoms with Crippen molar-refractivity contribution in [1.82, 2.24) is 0 Å². The van der Waals surface area contributed by atoms with Crippen LogP contribution in [-0.4, -0.2) is 99.6 Å². The van der Waals surface area contributed by atoms with Crippen LogP contribution in [0, 0.1) is 0 Å². The van der Waals surface area contributed by atoms with Gasteiger partial charge in [-0.3, -0.25) is 9.59 Å². The number of ether oxygens (including phenoxy) is 4. The van der Waals surface area contributed by atoms with Crippen molar-refractivity contribution < 1.29 is 41.8 Å². The van der Waals surface area contributed by atoms with Crippen molar-refractivity contribution in [3.8, 4) is 11.5 Å². The number of thioether (sulfide) groups is 2. The third kappa shape index (κ3) is 17.5. The lowest BCUT2D eigenvalue weighted by Crippen LogP contribution is -2.35. The quantitative estimate of drug-likeness (QED) is 0.0501. The van der Waals surface area contributed by atoms with Gasteiger partial charge in [0, 0.05) is 38.3 Å².